The van der Waals surface area contributed by atoms with Crippen molar-refractivity contribution in [2.24, 2.45) is 0 Å². The van der Waals surface area contributed by atoms with Crippen molar-refractivity contribution in [3.05, 3.63) is 46.6 Å². The molecule has 2 rings (SSSR count). The SMILES string of the molecule is Cc1cccc(C(=O)Nc2ccc(Cl)nn2)c1N. The highest BCUT2D eigenvalue weighted by Crippen LogP contribution is 2.17. The number of carbonyl (C=O) groups is 1. The first kappa shape index (κ1) is 12.3. The maximum Gasteiger partial charge on any atom is 0.258 e. The third kappa shape index (κ3) is 2.57. The van der Waals surface area contributed by atoms with Crippen LogP contribution >= 0.6 is 11.6 Å². The van der Waals surface area contributed by atoms with E-state index in [1.807, 2.05) is 13.0 Å². The van der Waals surface area contributed by atoms with Gasteiger partial charge >= 0.3 is 0 Å². The van der Waals surface area contributed by atoms with E-state index in [1.165, 1.54) is 0 Å². The molecule has 1 heterocycles. The van der Waals surface area contributed by atoms with Crippen molar-refractivity contribution in [1.82, 2.24) is 10.2 Å². The molecule has 1 aromatic heterocycles. The minimum Gasteiger partial charge on any atom is -0.398 e. The van der Waals surface area contributed by atoms with Crippen LogP contribution in [0.1, 0.15) is 15.9 Å². The summed E-state index contributed by atoms with van der Waals surface area (Å²) in [7, 11) is 0. The molecule has 92 valence electrons. The van der Waals surface area contributed by atoms with Gasteiger partial charge in [0.2, 0.25) is 0 Å². The Morgan fingerprint density at radius 2 is 2.06 bits per heavy atom. The van der Waals surface area contributed by atoms with Gasteiger partial charge in [0.15, 0.2) is 11.0 Å². The van der Waals surface area contributed by atoms with E-state index < -0.39 is 0 Å². The van der Waals surface area contributed by atoms with Crippen molar-refractivity contribution in [2.45, 2.75) is 6.92 Å². The van der Waals surface area contributed by atoms with Gasteiger partial charge in [-0.15, -0.1) is 10.2 Å². The van der Waals surface area contributed by atoms with Crippen molar-refractivity contribution in [2.75, 3.05) is 11.1 Å². The third-order valence-corrected chi connectivity index (χ3v) is 2.64. The van der Waals surface area contributed by atoms with Crippen molar-refractivity contribution in [1.29, 1.82) is 0 Å². The molecule has 0 aliphatic rings. The summed E-state index contributed by atoms with van der Waals surface area (Å²) in [6.45, 7) is 1.84. The number of nitrogens with one attached hydrogen (secondary N) is 1. The van der Waals surface area contributed by atoms with E-state index in [-0.39, 0.29) is 11.1 Å². The first-order chi connectivity index (χ1) is 8.58. The number of aromatic nitrogens is 2. The smallest absolute Gasteiger partial charge is 0.258 e. The van der Waals surface area contributed by atoms with Crippen LogP contribution in [0.25, 0.3) is 0 Å². The van der Waals surface area contributed by atoms with Gasteiger partial charge in [-0.05, 0) is 30.7 Å². The van der Waals surface area contributed by atoms with Gasteiger partial charge in [0, 0.05) is 5.69 Å². The maximum atomic E-state index is 12.0. The fraction of sp³-hybridized carbons (Fsp3) is 0.0833. The maximum absolute atomic E-state index is 12.0. The number of hydrogen-bond donors (Lipinski definition) is 2. The highest BCUT2D eigenvalue weighted by atomic mass is 35.5. The van der Waals surface area contributed by atoms with Crippen LogP contribution in [0.4, 0.5) is 11.5 Å². The molecule has 0 spiro atoms. The molecule has 0 atom stereocenters. The summed E-state index contributed by atoms with van der Waals surface area (Å²) in [5.74, 6) is -0.00173. The number of nitrogens with two attached hydrogens (primary N) is 1. The summed E-state index contributed by atoms with van der Waals surface area (Å²) in [4.78, 5) is 12.0. The minimum atomic E-state index is -0.326. The predicted molar refractivity (Wildman–Crippen MR) is 70.6 cm³/mol. The molecule has 0 saturated carbocycles. The summed E-state index contributed by atoms with van der Waals surface area (Å²) >= 11 is 5.60. The van der Waals surface area contributed by atoms with E-state index >= 15 is 0 Å². The Labute approximate surface area is 109 Å². The lowest BCUT2D eigenvalue weighted by atomic mass is 10.1. The average molecular weight is 263 g/mol. The van der Waals surface area contributed by atoms with Crippen molar-refractivity contribution in [3.63, 3.8) is 0 Å². The molecular formula is C12H11ClN4O. The first-order valence-electron chi connectivity index (χ1n) is 5.23. The van der Waals surface area contributed by atoms with Crippen LogP contribution in [0.3, 0.4) is 0 Å². The second-order valence-corrected chi connectivity index (χ2v) is 4.12. The Morgan fingerprint density at radius 3 is 2.72 bits per heavy atom. The van der Waals surface area contributed by atoms with Gasteiger partial charge in [-0.25, -0.2) is 0 Å². The Hall–Kier alpha value is -2.14. The summed E-state index contributed by atoms with van der Waals surface area (Å²) in [6, 6.07) is 8.38. The molecule has 18 heavy (non-hydrogen) atoms. The Balaban J connectivity index is 2.22. The molecule has 0 bridgehead atoms. The number of rotatable bonds is 2. The number of anilines is 2. The molecule has 0 fully saturated rings. The molecule has 1 amide bonds. The summed E-state index contributed by atoms with van der Waals surface area (Å²) in [6.07, 6.45) is 0. The molecule has 0 aliphatic carbocycles. The summed E-state index contributed by atoms with van der Waals surface area (Å²) in [5, 5.41) is 10.2. The molecule has 3 N–H and O–H groups in total. The monoisotopic (exact) mass is 262 g/mol. The normalized spacial score (nSPS) is 10.1. The molecule has 0 unspecified atom stereocenters. The van der Waals surface area contributed by atoms with E-state index in [0.717, 1.165) is 5.56 Å². The van der Waals surface area contributed by atoms with Gasteiger partial charge in [0.05, 0.1) is 5.56 Å². The van der Waals surface area contributed by atoms with Crippen molar-refractivity contribution >= 4 is 29.0 Å². The second-order valence-electron chi connectivity index (χ2n) is 3.73. The van der Waals surface area contributed by atoms with Crippen molar-refractivity contribution in [3.8, 4) is 0 Å². The van der Waals surface area contributed by atoms with Crippen LogP contribution in [-0.4, -0.2) is 16.1 Å². The van der Waals surface area contributed by atoms with Crippen LogP contribution in [0.2, 0.25) is 5.15 Å². The van der Waals surface area contributed by atoms with Crippen LogP contribution < -0.4 is 11.1 Å². The summed E-state index contributed by atoms with van der Waals surface area (Å²) < 4.78 is 0. The van der Waals surface area contributed by atoms with E-state index in [2.05, 4.69) is 15.5 Å². The second kappa shape index (κ2) is 5.01. The number of aryl methyl sites for hydroxylation is 1. The number of halogens is 1. The predicted octanol–water partition coefficient (Wildman–Crippen LogP) is 2.27. The molecule has 0 radical (unpaired) electrons. The zero-order chi connectivity index (χ0) is 13.1. The van der Waals surface area contributed by atoms with Gasteiger partial charge < -0.3 is 11.1 Å². The van der Waals surface area contributed by atoms with Crippen LogP contribution in [0.5, 0.6) is 0 Å². The molecule has 2 aromatic rings. The fourth-order valence-corrected chi connectivity index (χ4v) is 1.55. The zero-order valence-corrected chi connectivity index (χ0v) is 10.4. The molecule has 0 saturated heterocycles. The highest BCUT2D eigenvalue weighted by molar-refractivity contribution is 6.29. The number of para-hydroxylation sites is 1. The van der Waals surface area contributed by atoms with Gasteiger partial charge in [0.1, 0.15) is 0 Å². The number of amides is 1. The van der Waals surface area contributed by atoms with Gasteiger partial charge in [-0.3, -0.25) is 4.79 Å². The molecular weight excluding hydrogens is 252 g/mol. The summed E-state index contributed by atoms with van der Waals surface area (Å²) in [5.41, 5.74) is 7.56. The number of nitrogens with zero attached hydrogens (tertiary/aromatic N) is 2. The quantitative estimate of drug-likeness (QED) is 0.814. The highest BCUT2D eigenvalue weighted by Gasteiger charge is 2.11. The Bertz CT molecular complexity index is 583. The van der Waals surface area contributed by atoms with Crippen LogP contribution in [0, 0.1) is 6.92 Å². The molecule has 1 aromatic carbocycles. The van der Waals surface area contributed by atoms with Crippen LogP contribution in [-0.2, 0) is 0 Å². The number of benzene rings is 1. The standard InChI is InChI=1S/C12H11ClN4O/c1-7-3-2-4-8(11(7)14)12(18)15-10-6-5-9(13)16-17-10/h2-6H,14H2,1H3,(H,15,17,18). The van der Waals surface area contributed by atoms with E-state index in [0.29, 0.717) is 17.1 Å². The Morgan fingerprint density at radius 1 is 1.28 bits per heavy atom. The first-order valence-corrected chi connectivity index (χ1v) is 5.61. The third-order valence-electron chi connectivity index (χ3n) is 2.44. The number of hydrogen-bond acceptors (Lipinski definition) is 4. The molecule has 0 aliphatic heterocycles. The topological polar surface area (TPSA) is 80.9 Å². The zero-order valence-electron chi connectivity index (χ0n) is 9.64. The van der Waals surface area contributed by atoms with Gasteiger partial charge in [0.25, 0.3) is 5.91 Å². The molecule has 5 nitrogen and oxygen atoms in total. The van der Waals surface area contributed by atoms with E-state index in [1.54, 1.807) is 24.3 Å². The lowest BCUT2D eigenvalue weighted by molar-refractivity contribution is 0.102. The molecule has 6 heteroatoms. The van der Waals surface area contributed by atoms with E-state index in [4.69, 9.17) is 17.3 Å². The average Bonchev–Trinajstić information content (AvgIpc) is 2.35. The number of nitrogen functional groups attached to an aromatic ring is 1. The van der Waals surface area contributed by atoms with Crippen LogP contribution in [0.15, 0.2) is 30.3 Å². The van der Waals surface area contributed by atoms with E-state index in [9.17, 15) is 4.79 Å². The number of carbonyl (C=O) groups excluding carboxylic acids is 1. The largest absolute Gasteiger partial charge is 0.398 e. The lowest BCUT2D eigenvalue weighted by Crippen LogP contribution is -2.15. The van der Waals surface area contributed by atoms with Crippen molar-refractivity contribution < 1.29 is 4.79 Å². The Kier molecular flexibility index (Phi) is 3.43. The fourth-order valence-electron chi connectivity index (χ4n) is 1.44. The lowest BCUT2D eigenvalue weighted by Gasteiger charge is -2.08. The van der Waals surface area contributed by atoms with Gasteiger partial charge in [-0.1, -0.05) is 23.7 Å². The minimum absolute atomic E-state index is 0.267. The van der Waals surface area contributed by atoms with Gasteiger partial charge in [-0.2, -0.15) is 0 Å².